The molecule has 0 bridgehead atoms. The van der Waals surface area contributed by atoms with Crippen molar-refractivity contribution in [1.29, 1.82) is 0 Å². The van der Waals surface area contributed by atoms with Crippen LogP contribution in [0.3, 0.4) is 0 Å². The zero-order valence-electron chi connectivity index (χ0n) is 24.6. The van der Waals surface area contributed by atoms with Crippen LogP contribution in [0.25, 0.3) is 0 Å². The van der Waals surface area contributed by atoms with Crippen LogP contribution in [0.15, 0.2) is 0 Å². The average molecular weight is 516 g/mol. The lowest BCUT2D eigenvalue weighted by Crippen LogP contribution is -2.57. The Morgan fingerprint density at radius 3 is 2.35 bits per heavy atom. The summed E-state index contributed by atoms with van der Waals surface area (Å²) in [5.41, 5.74) is 0.469. The molecule has 0 aromatic rings. The van der Waals surface area contributed by atoms with Gasteiger partial charge >= 0.3 is 0 Å². The van der Waals surface area contributed by atoms with Crippen molar-refractivity contribution in [1.82, 2.24) is 4.90 Å². The second-order valence-electron chi connectivity index (χ2n) is 14.2. The molecule has 0 saturated heterocycles. The van der Waals surface area contributed by atoms with Gasteiger partial charge < -0.3 is 10.0 Å². The molecule has 0 aromatic heterocycles. The number of hydrogen-bond acceptors (Lipinski definition) is 3. The van der Waals surface area contributed by atoms with Gasteiger partial charge in [0.15, 0.2) is 0 Å². The maximum absolute atomic E-state index is 12.5. The first-order chi connectivity index (χ1) is 17.7. The minimum atomic E-state index is -0.111. The van der Waals surface area contributed by atoms with Crippen molar-refractivity contribution in [2.75, 3.05) is 13.6 Å². The quantitative estimate of drug-likeness (QED) is 0.273. The van der Waals surface area contributed by atoms with E-state index in [0.717, 1.165) is 62.8 Å². The lowest BCUT2D eigenvalue weighted by Gasteiger charge is -2.62. The molecule has 4 fully saturated rings. The predicted molar refractivity (Wildman–Crippen MR) is 151 cm³/mol. The molecular weight excluding hydrogens is 458 g/mol. The van der Waals surface area contributed by atoms with Crippen LogP contribution in [-0.4, -0.2) is 41.4 Å². The van der Waals surface area contributed by atoms with Crippen molar-refractivity contribution in [2.45, 2.75) is 142 Å². The summed E-state index contributed by atoms with van der Waals surface area (Å²) in [6, 6.07) is 0. The number of fused-ring (bicyclic) bond motifs is 5. The Hall–Kier alpha value is -0.900. The summed E-state index contributed by atoms with van der Waals surface area (Å²) in [6.07, 6.45) is 20.3. The zero-order valence-corrected chi connectivity index (χ0v) is 24.6. The number of carbonyl (C=O) groups is 2. The lowest BCUT2D eigenvalue weighted by atomic mass is 9.42. The highest BCUT2D eigenvalue weighted by Gasteiger charge is 2.62. The number of Topliss-reactive ketones (excluding diaryl/α,β-unsaturated/α-hetero) is 1. The molecule has 4 heteroatoms. The van der Waals surface area contributed by atoms with Crippen molar-refractivity contribution < 1.29 is 14.7 Å². The summed E-state index contributed by atoms with van der Waals surface area (Å²) < 4.78 is 0. The second-order valence-corrected chi connectivity index (χ2v) is 14.2. The van der Waals surface area contributed by atoms with Crippen molar-refractivity contribution in [3.63, 3.8) is 0 Å². The maximum Gasteiger partial charge on any atom is 0.222 e. The molecule has 4 saturated carbocycles. The fraction of sp³-hybridized carbons (Fsp3) is 0.939. The number of rotatable bonds is 12. The molecule has 4 aliphatic rings. The summed E-state index contributed by atoms with van der Waals surface area (Å²) in [6.45, 7) is 7.94. The number of ketones is 1. The van der Waals surface area contributed by atoms with Gasteiger partial charge in [0.1, 0.15) is 5.78 Å². The molecule has 0 unspecified atom stereocenters. The van der Waals surface area contributed by atoms with Gasteiger partial charge in [-0.25, -0.2) is 0 Å². The van der Waals surface area contributed by atoms with Crippen molar-refractivity contribution >= 4 is 11.7 Å². The number of nitrogens with zero attached hydrogens (tertiary/aromatic N) is 1. The number of amides is 1. The Balaban J connectivity index is 1.25. The van der Waals surface area contributed by atoms with Gasteiger partial charge in [-0.15, -0.1) is 0 Å². The van der Waals surface area contributed by atoms with E-state index >= 15 is 0 Å². The van der Waals surface area contributed by atoms with Crippen LogP contribution in [-0.2, 0) is 9.59 Å². The number of aliphatic hydroxyl groups excluding tert-OH is 1. The zero-order chi connectivity index (χ0) is 26.6. The van der Waals surface area contributed by atoms with Crippen LogP contribution >= 0.6 is 0 Å². The van der Waals surface area contributed by atoms with Gasteiger partial charge in [-0.3, -0.25) is 9.59 Å². The first-order valence-electron chi connectivity index (χ1n) is 16.1. The average Bonchev–Trinajstić information content (AvgIpc) is 3.18. The molecule has 212 valence electrons. The lowest BCUT2D eigenvalue weighted by molar-refractivity contribution is -0.156. The fourth-order valence-corrected chi connectivity index (χ4v) is 9.71. The van der Waals surface area contributed by atoms with Crippen LogP contribution < -0.4 is 0 Å². The number of hydrogen-bond donors (Lipinski definition) is 1. The molecule has 0 aromatic carbocycles. The van der Waals surface area contributed by atoms with Crippen LogP contribution in [0, 0.1) is 40.4 Å². The van der Waals surface area contributed by atoms with E-state index in [9.17, 15) is 14.7 Å². The molecule has 1 amide bonds. The van der Waals surface area contributed by atoms with Crippen LogP contribution in [0.5, 0.6) is 0 Å². The summed E-state index contributed by atoms with van der Waals surface area (Å²) in [5.74, 6) is 4.35. The molecule has 4 nitrogen and oxygen atoms in total. The van der Waals surface area contributed by atoms with Gasteiger partial charge in [-0.1, -0.05) is 65.7 Å². The third-order valence-electron chi connectivity index (χ3n) is 12.1. The topological polar surface area (TPSA) is 57.6 Å². The van der Waals surface area contributed by atoms with E-state index in [4.69, 9.17) is 0 Å². The second kappa shape index (κ2) is 12.5. The number of unbranched alkanes of at least 4 members (excludes halogenated alkanes) is 6. The summed E-state index contributed by atoms with van der Waals surface area (Å²) in [4.78, 5) is 26.4. The van der Waals surface area contributed by atoms with E-state index in [-0.39, 0.29) is 11.5 Å². The minimum Gasteiger partial charge on any atom is -0.393 e. The third kappa shape index (κ3) is 6.15. The van der Waals surface area contributed by atoms with E-state index < -0.39 is 0 Å². The molecule has 0 aliphatic heterocycles. The highest BCUT2D eigenvalue weighted by atomic mass is 16.3. The Kier molecular flexibility index (Phi) is 9.84. The number of aliphatic hydroxyl groups is 1. The first-order valence-corrected chi connectivity index (χ1v) is 16.1. The van der Waals surface area contributed by atoms with E-state index in [1.807, 2.05) is 11.9 Å². The van der Waals surface area contributed by atoms with Crippen molar-refractivity contribution in [3.05, 3.63) is 0 Å². The van der Waals surface area contributed by atoms with Gasteiger partial charge in [-0.2, -0.15) is 0 Å². The van der Waals surface area contributed by atoms with E-state index in [0.29, 0.717) is 35.4 Å². The van der Waals surface area contributed by atoms with Crippen LogP contribution in [0.2, 0.25) is 0 Å². The monoisotopic (exact) mass is 515 g/mol. The summed E-state index contributed by atoms with van der Waals surface area (Å²) in [7, 11) is 1.93. The Labute approximate surface area is 227 Å². The smallest absolute Gasteiger partial charge is 0.222 e. The largest absolute Gasteiger partial charge is 0.393 e. The fourth-order valence-electron chi connectivity index (χ4n) is 9.71. The minimum absolute atomic E-state index is 0.111. The predicted octanol–water partition coefficient (Wildman–Crippen LogP) is 7.56. The number of carbonyl (C=O) groups excluding carboxylic acids is 2. The van der Waals surface area contributed by atoms with E-state index in [1.54, 1.807) is 0 Å². The van der Waals surface area contributed by atoms with Gasteiger partial charge in [0.05, 0.1) is 6.10 Å². The molecule has 8 atom stereocenters. The highest BCUT2D eigenvalue weighted by Crippen LogP contribution is 2.67. The van der Waals surface area contributed by atoms with Crippen molar-refractivity contribution in [2.24, 2.45) is 40.4 Å². The molecule has 0 radical (unpaired) electrons. The van der Waals surface area contributed by atoms with Crippen LogP contribution in [0.4, 0.5) is 0 Å². The maximum atomic E-state index is 12.5. The van der Waals surface area contributed by atoms with E-state index in [1.165, 1.54) is 70.6 Å². The Morgan fingerprint density at radius 2 is 1.62 bits per heavy atom. The molecule has 0 spiro atoms. The molecule has 4 rings (SSSR count). The molecule has 1 N–H and O–H groups in total. The SMILES string of the molecule is CCCN(C)C(=O)CCCCCCCCC[C@@H]1C[C@H]2CC(=O)CC[C@]2(C)[C@H]2CC[C@]3(C)[C@@H](O)CC[C@H]3[C@H]12. The first kappa shape index (κ1) is 29.1. The van der Waals surface area contributed by atoms with Gasteiger partial charge in [0, 0.05) is 32.9 Å². The van der Waals surface area contributed by atoms with Gasteiger partial charge in [-0.05, 0) is 91.8 Å². The standard InChI is InChI=1S/C33H57NO3/c1-5-21-34(4)30(37)14-12-10-8-6-7-9-11-13-24-22-25-23-26(35)17-19-32(25,2)28-18-20-33(3)27(31(24)28)15-16-29(33)36/h24-25,27-29,31,36H,5-23H2,1-4H3/t24-,25+,27+,28+,29+,31+,32+,33+/m1/s1. The Bertz CT molecular complexity index is 782. The molecule has 4 aliphatic carbocycles. The third-order valence-corrected chi connectivity index (χ3v) is 12.1. The molecular formula is C33H57NO3. The highest BCUT2D eigenvalue weighted by molar-refractivity contribution is 5.79. The van der Waals surface area contributed by atoms with Gasteiger partial charge in [0.2, 0.25) is 5.91 Å². The van der Waals surface area contributed by atoms with Crippen molar-refractivity contribution in [3.8, 4) is 0 Å². The van der Waals surface area contributed by atoms with Gasteiger partial charge in [0.25, 0.3) is 0 Å². The molecule has 37 heavy (non-hydrogen) atoms. The van der Waals surface area contributed by atoms with Crippen LogP contribution in [0.1, 0.15) is 136 Å². The summed E-state index contributed by atoms with van der Waals surface area (Å²) >= 11 is 0. The molecule has 0 heterocycles. The summed E-state index contributed by atoms with van der Waals surface area (Å²) in [5, 5.41) is 10.9. The normalized spacial score (nSPS) is 39.1. The Morgan fingerprint density at radius 1 is 0.946 bits per heavy atom. The van der Waals surface area contributed by atoms with E-state index in [2.05, 4.69) is 20.8 Å².